The molecule has 2 rings (SSSR count). The molecular formula is C12H14FN5. The molecule has 0 spiro atoms. The van der Waals surface area contributed by atoms with Crippen LogP contribution in [0.5, 0.6) is 0 Å². The molecule has 0 aliphatic carbocycles. The van der Waals surface area contributed by atoms with Crippen molar-refractivity contribution in [2.24, 2.45) is 0 Å². The van der Waals surface area contributed by atoms with Crippen molar-refractivity contribution in [3.05, 3.63) is 41.6 Å². The third-order valence-corrected chi connectivity index (χ3v) is 2.45. The SMILES string of the molecule is Cc1cccc(CN(C)c2nc(N)ncc2F)n1. The summed E-state index contributed by atoms with van der Waals surface area (Å²) in [6.07, 6.45) is 1.07. The van der Waals surface area contributed by atoms with Crippen LogP contribution in [0.15, 0.2) is 24.4 Å². The second-order valence-electron chi connectivity index (χ2n) is 4.03. The van der Waals surface area contributed by atoms with E-state index in [0.29, 0.717) is 6.54 Å². The van der Waals surface area contributed by atoms with Crippen LogP contribution in [0, 0.1) is 12.7 Å². The van der Waals surface area contributed by atoms with Gasteiger partial charge in [0.15, 0.2) is 11.6 Å². The summed E-state index contributed by atoms with van der Waals surface area (Å²) in [6, 6.07) is 5.70. The fourth-order valence-electron chi connectivity index (χ4n) is 1.64. The molecule has 0 amide bonds. The summed E-state index contributed by atoms with van der Waals surface area (Å²) < 4.78 is 13.6. The van der Waals surface area contributed by atoms with Gasteiger partial charge in [-0.25, -0.2) is 9.37 Å². The van der Waals surface area contributed by atoms with Crippen molar-refractivity contribution < 1.29 is 4.39 Å². The van der Waals surface area contributed by atoms with Crippen LogP contribution in [0.3, 0.4) is 0 Å². The largest absolute Gasteiger partial charge is 0.368 e. The van der Waals surface area contributed by atoms with Gasteiger partial charge in [-0.05, 0) is 19.1 Å². The van der Waals surface area contributed by atoms with Gasteiger partial charge in [-0.15, -0.1) is 0 Å². The Morgan fingerprint density at radius 1 is 1.33 bits per heavy atom. The molecule has 0 atom stereocenters. The number of nitrogens with two attached hydrogens (primary N) is 1. The van der Waals surface area contributed by atoms with Gasteiger partial charge in [0.05, 0.1) is 18.4 Å². The van der Waals surface area contributed by atoms with Crippen molar-refractivity contribution in [3.63, 3.8) is 0 Å². The molecule has 2 N–H and O–H groups in total. The summed E-state index contributed by atoms with van der Waals surface area (Å²) in [6.45, 7) is 2.36. The first-order valence-corrected chi connectivity index (χ1v) is 5.48. The van der Waals surface area contributed by atoms with Crippen LogP contribution in [0.2, 0.25) is 0 Å². The van der Waals surface area contributed by atoms with Crippen molar-refractivity contribution >= 4 is 11.8 Å². The molecule has 0 aliphatic heterocycles. The zero-order valence-electron chi connectivity index (χ0n) is 10.3. The minimum absolute atomic E-state index is 0.0513. The maximum atomic E-state index is 13.6. The lowest BCUT2D eigenvalue weighted by molar-refractivity contribution is 0.607. The zero-order chi connectivity index (χ0) is 13.1. The molecule has 0 aromatic carbocycles. The molecule has 6 heteroatoms. The van der Waals surface area contributed by atoms with Crippen LogP contribution >= 0.6 is 0 Å². The number of hydrogen-bond acceptors (Lipinski definition) is 5. The van der Waals surface area contributed by atoms with Crippen molar-refractivity contribution in [3.8, 4) is 0 Å². The minimum atomic E-state index is -0.501. The van der Waals surface area contributed by atoms with E-state index in [-0.39, 0.29) is 11.8 Å². The molecule has 5 nitrogen and oxygen atoms in total. The van der Waals surface area contributed by atoms with Crippen LogP contribution in [-0.4, -0.2) is 22.0 Å². The Morgan fingerprint density at radius 2 is 2.11 bits per heavy atom. The molecule has 0 aliphatic rings. The smallest absolute Gasteiger partial charge is 0.222 e. The van der Waals surface area contributed by atoms with E-state index in [9.17, 15) is 4.39 Å². The summed E-state index contributed by atoms with van der Waals surface area (Å²) in [4.78, 5) is 13.5. The van der Waals surface area contributed by atoms with Gasteiger partial charge in [-0.3, -0.25) is 4.98 Å². The second kappa shape index (κ2) is 4.95. The number of rotatable bonds is 3. The molecule has 2 aromatic heterocycles. The van der Waals surface area contributed by atoms with E-state index in [2.05, 4.69) is 15.0 Å². The van der Waals surface area contributed by atoms with Gasteiger partial charge in [0.1, 0.15) is 0 Å². The Labute approximate surface area is 105 Å². The van der Waals surface area contributed by atoms with Crippen LogP contribution in [0.1, 0.15) is 11.4 Å². The lowest BCUT2D eigenvalue weighted by atomic mass is 10.3. The molecular weight excluding hydrogens is 233 g/mol. The fraction of sp³-hybridized carbons (Fsp3) is 0.250. The van der Waals surface area contributed by atoms with Gasteiger partial charge < -0.3 is 10.6 Å². The van der Waals surface area contributed by atoms with E-state index in [0.717, 1.165) is 17.6 Å². The molecule has 0 radical (unpaired) electrons. The third kappa shape index (κ3) is 2.71. The van der Waals surface area contributed by atoms with Gasteiger partial charge in [0, 0.05) is 12.7 Å². The summed E-state index contributed by atoms with van der Waals surface area (Å²) in [5.74, 6) is -0.277. The first-order chi connectivity index (χ1) is 8.56. The van der Waals surface area contributed by atoms with Gasteiger partial charge in [-0.2, -0.15) is 4.98 Å². The maximum Gasteiger partial charge on any atom is 0.222 e. The third-order valence-electron chi connectivity index (χ3n) is 2.45. The second-order valence-corrected chi connectivity index (χ2v) is 4.03. The first-order valence-electron chi connectivity index (χ1n) is 5.48. The number of pyridine rings is 1. The Hall–Kier alpha value is -2.24. The van der Waals surface area contributed by atoms with Crippen LogP contribution in [-0.2, 0) is 6.54 Å². The zero-order valence-corrected chi connectivity index (χ0v) is 10.3. The summed E-state index contributed by atoms with van der Waals surface area (Å²) in [5.41, 5.74) is 7.21. The average molecular weight is 247 g/mol. The average Bonchev–Trinajstić information content (AvgIpc) is 2.32. The Balaban J connectivity index is 2.21. The Morgan fingerprint density at radius 3 is 2.83 bits per heavy atom. The van der Waals surface area contributed by atoms with Gasteiger partial charge in [-0.1, -0.05) is 6.07 Å². The number of hydrogen-bond donors (Lipinski definition) is 1. The number of nitrogens with zero attached hydrogens (tertiary/aromatic N) is 4. The highest BCUT2D eigenvalue weighted by Gasteiger charge is 2.11. The van der Waals surface area contributed by atoms with E-state index in [1.807, 2.05) is 25.1 Å². The summed E-state index contributed by atoms with van der Waals surface area (Å²) in [5, 5.41) is 0. The molecule has 0 unspecified atom stereocenters. The van der Waals surface area contributed by atoms with Crippen molar-refractivity contribution in [1.82, 2.24) is 15.0 Å². The highest BCUT2D eigenvalue weighted by molar-refractivity contribution is 5.42. The summed E-state index contributed by atoms with van der Waals surface area (Å²) in [7, 11) is 1.73. The van der Waals surface area contributed by atoms with Crippen molar-refractivity contribution in [2.45, 2.75) is 13.5 Å². The molecule has 18 heavy (non-hydrogen) atoms. The molecule has 2 aromatic rings. The van der Waals surface area contributed by atoms with Crippen molar-refractivity contribution in [2.75, 3.05) is 17.7 Å². The number of anilines is 2. The van der Waals surface area contributed by atoms with Crippen LogP contribution < -0.4 is 10.6 Å². The number of aryl methyl sites for hydroxylation is 1. The lowest BCUT2D eigenvalue weighted by Gasteiger charge is -2.18. The van der Waals surface area contributed by atoms with E-state index in [1.54, 1.807) is 11.9 Å². The molecule has 94 valence electrons. The molecule has 0 bridgehead atoms. The molecule has 0 saturated heterocycles. The normalized spacial score (nSPS) is 10.4. The fourth-order valence-corrected chi connectivity index (χ4v) is 1.64. The number of halogens is 1. The minimum Gasteiger partial charge on any atom is -0.368 e. The first kappa shape index (κ1) is 12.2. The quantitative estimate of drug-likeness (QED) is 0.891. The standard InChI is InChI=1S/C12H14FN5/c1-8-4-3-5-9(16-8)7-18(2)11-10(13)6-15-12(14)17-11/h3-6H,7H2,1-2H3,(H2,14,15,17). The maximum absolute atomic E-state index is 13.6. The Bertz CT molecular complexity index is 558. The predicted molar refractivity (Wildman–Crippen MR) is 67.5 cm³/mol. The van der Waals surface area contributed by atoms with E-state index in [4.69, 9.17) is 5.73 Å². The van der Waals surface area contributed by atoms with E-state index < -0.39 is 5.82 Å². The summed E-state index contributed by atoms with van der Waals surface area (Å²) >= 11 is 0. The molecule has 2 heterocycles. The Kier molecular flexibility index (Phi) is 3.36. The van der Waals surface area contributed by atoms with Crippen molar-refractivity contribution in [1.29, 1.82) is 0 Å². The van der Waals surface area contributed by atoms with Gasteiger partial charge in [0.2, 0.25) is 5.95 Å². The van der Waals surface area contributed by atoms with Gasteiger partial charge >= 0.3 is 0 Å². The van der Waals surface area contributed by atoms with Crippen LogP contribution in [0.4, 0.5) is 16.2 Å². The van der Waals surface area contributed by atoms with Crippen LogP contribution in [0.25, 0.3) is 0 Å². The van der Waals surface area contributed by atoms with E-state index >= 15 is 0 Å². The lowest BCUT2D eigenvalue weighted by Crippen LogP contribution is -2.20. The predicted octanol–water partition coefficient (Wildman–Crippen LogP) is 1.54. The van der Waals surface area contributed by atoms with Gasteiger partial charge in [0.25, 0.3) is 0 Å². The highest BCUT2D eigenvalue weighted by atomic mass is 19.1. The monoisotopic (exact) mass is 247 g/mol. The topological polar surface area (TPSA) is 67.9 Å². The highest BCUT2D eigenvalue weighted by Crippen LogP contribution is 2.16. The molecule has 0 fully saturated rings. The number of nitrogen functional groups attached to an aromatic ring is 1. The molecule has 0 saturated carbocycles. The number of aromatic nitrogens is 3. The van der Waals surface area contributed by atoms with E-state index in [1.165, 1.54) is 0 Å².